The second kappa shape index (κ2) is 6.07. The van der Waals surface area contributed by atoms with Crippen molar-refractivity contribution in [3.05, 3.63) is 24.3 Å². The number of nitrogens with zero attached hydrogens (tertiary/aromatic N) is 1. The van der Waals surface area contributed by atoms with Gasteiger partial charge in [0.2, 0.25) is 0 Å². The molecule has 1 atom stereocenters. The summed E-state index contributed by atoms with van der Waals surface area (Å²) in [5.74, 6) is 1.65. The number of thioether (sulfide) groups is 1. The Labute approximate surface area is 106 Å². The average Bonchev–Trinajstić information content (AvgIpc) is 2.76. The van der Waals surface area contributed by atoms with Crippen molar-refractivity contribution < 1.29 is 4.42 Å². The fraction of sp³-hybridized carbons (Fsp3) is 0.462. The zero-order valence-corrected chi connectivity index (χ0v) is 11.1. The molecule has 2 aromatic rings. The fourth-order valence-electron chi connectivity index (χ4n) is 1.58. The molecule has 4 heteroatoms. The zero-order chi connectivity index (χ0) is 12.1. The maximum atomic E-state index is 5.65. The van der Waals surface area contributed by atoms with Crippen LogP contribution in [0.4, 0.5) is 0 Å². The second-order valence-electron chi connectivity index (χ2n) is 4.17. The molecule has 0 bridgehead atoms. The highest BCUT2D eigenvalue weighted by Crippen LogP contribution is 2.24. The van der Waals surface area contributed by atoms with E-state index >= 15 is 0 Å². The number of benzene rings is 1. The molecule has 17 heavy (non-hydrogen) atoms. The van der Waals surface area contributed by atoms with Gasteiger partial charge in [-0.1, -0.05) is 37.7 Å². The van der Waals surface area contributed by atoms with E-state index in [1.54, 1.807) is 11.8 Å². The van der Waals surface area contributed by atoms with Crippen molar-refractivity contribution in [1.82, 2.24) is 10.3 Å². The number of oxazole rings is 1. The van der Waals surface area contributed by atoms with Crippen LogP contribution in [0.25, 0.3) is 11.1 Å². The number of fused-ring (bicyclic) bond motifs is 1. The molecular formula is C13H18N2OS. The van der Waals surface area contributed by atoms with E-state index < -0.39 is 0 Å². The summed E-state index contributed by atoms with van der Waals surface area (Å²) in [5, 5.41) is 4.12. The third-order valence-corrected chi connectivity index (χ3v) is 3.67. The number of hydrogen-bond donors (Lipinski definition) is 1. The molecule has 0 radical (unpaired) electrons. The van der Waals surface area contributed by atoms with Crippen LogP contribution in [0.2, 0.25) is 0 Å². The Morgan fingerprint density at radius 1 is 1.41 bits per heavy atom. The highest BCUT2D eigenvalue weighted by molar-refractivity contribution is 7.99. The van der Waals surface area contributed by atoms with Gasteiger partial charge in [-0.3, -0.25) is 0 Å². The predicted molar refractivity (Wildman–Crippen MR) is 72.4 cm³/mol. The van der Waals surface area contributed by atoms with Crippen molar-refractivity contribution in [2.45, 2.75) is 19.1 Å². The normalized spacial score (nSPS) is 13.1. The van der Waals surface area contributed by atoms with E-state index in [1.807, 2.05) is 24.3 Å². The Morgan fingerprint density at radius 2 is 2.24 bits per heavy atom. The first kappa shape index (κ1) is 12.5. The highest BCUT2D eigenvalue weighted by Gasteiger charge is 2.08. The molecule has 1 aromatic heterocycles. The summed E-state index contributed by atoms with van der Waals surface area (Å²) < 4.78 is 5.65. The Balaban J connectivity index is 1.90. The van der Waals surface area contributed by atoms with E-state index in [0.29, 0.717) is 5.92 Å². The van der Waals surface area contributed by atoms with Crippen LogP contribution >= 0.6 is 11.8 Å². The predicted octanol–water partition coefficient (Wildman–Crippen LogP) is 3.17. The molecule has 2 rings (SSSR count). The maximum absolute atomic E-state index is 5.65. The van der Waals surface area contributed by atoms with Crippen molar-refractivity contribution in [2.75, 3.05) is 18.8 Å². The molecule has 0 aliphatic heterocycles. The number of para-hydroxylation sites is 2. The lowest BCUT2D eigenvalue weighted by atomic mass is 10.2. The lowest BCUT2D eigenvalue weighted by Crippen LogP contribution is -2.21. The maximum Gasteiger partial charge on any atom is 0.256 e. The van der Waals surface area contributed by atoms with Crippen LogP contribution in [-0.2, 0) is 0 Å². The molecule has 3 nitrogen and oxygen atoms in total. The van der Waals surface area contributed by atoms with E-state index in [1.165, 1.54) is 0 Å². The monoisotopic (exact) mass is 250 g/mol. The summed E-state index contributed by atoms with van der Waals surface area (Å²) in [7, 11) is 0. The van der Waals surface area contributed by atoms with Gasteiger partial charge in [0.05, 0.1) is 0 Å². The topological polar surface area (TPSA) is 38.1 Å². The van der Waals surface area contributed by atoms with Gasteiger partial charge in [0.25, 0.3) is 5.22 Å². The van der Waals surface area contributed by atoms with Crippen LogP contribution in [0.15, 0.2) is 33.9 Å². The van der Waals surface area contributed by atoms with Gasteiger partial charge in [-0.05, 0) is 31.1 Å². The molecule has 1 N–H and O–H groups in total. The average molecular weight is 250 g/mol. The third-order valence-electron chi connectivity index (χ3n) is 2.51. The lowest BCUT2D eigenvalue weighted by molar-refractivity contribution is 0.487. The molecule has 0 saturated heterocycles. The van der Waals surface area contributed by atoms with Crippen LogP contribution in [0.3, 0.4) is 0 Å². The quantitative estimate of drug-likeness (QED) is 0.799. The summed E-state index contributed by atoms with van der Waals surface area (Å²) >= 11 is 1.69. The van der Waals surface area contributed by atoms with E-state index in [2.05, 4.69) is 24.1 Å². The third kappa shape index (κ3) is 3.48. The Hall–Kier alpha value is -1.00. The molecule has 0 aliphatic carbocycles. The van der Waals surface area contributed by atoms with E-state index in [9.17, 15) is 0 Å². The molecule has 92 valence electrons. The zero-order valence-electron chi connectivity index (χ0n) is 10.3. The highest BCUT2D eigenvalue weighted by atomic mass is 32.2. The molecule has 0 fully saturated rings. The van der Waals surface area contributed by atoms with Crippen molar-refractivity contribution in [1.29, 1.82) is 0 Å². The fourth-order valence-corrected chi connectivity index (χ4v) is 2.43. The number of nitrogens with one attached hydrogen (secondary N) is 1. The van der Waals surface area contributed by atoms with Crippen molar-refractivity contribution in [3.63, 3.8) is 0 Å². The first-order chi connectivity index (χ1) is 8.29. The van der Waals surface area contributed by atoms with Crippen molar-refractivity contribution in [3.8, 4) is 0 Å². The van der Waals surface area contributed by atoms with Gasteiger partial charge in [-0.15, -0.1) is 0 Å². The number of aromatic nitrogens is 1. The largest absolute Gasteiger partial charge is 0.431 e. The van der Waals surface area contributed by atoms with Crippen LogP contribution in [-0.4, -0.2) is 23.8 Å². The lowest BCUT2D eigenvalue weighted by Gasteiger charge is -2.09. The summed E-state index contributed by atoms with van der Waals surface area (Å²) in [6.45, 7) is 6.43. The Kier molecular flexibility index (Phi) is 4.45. The molecule has 0 spiro atoms. The van der Waals surface area contributed by atoms with E-state index in [4.69, 9.17) is 4.42 Å². The van der Waals surface area contributed by atoms with Crippen LogP contribution < -0.4 is 5.32 Å². The first-order valence-electron chi connectivity index (χ1n) is 5.98. The standard InChI is InChI=1S/C13H18N2OS/c1-3-14-8-10(2)9-17-13-15-11-6-4-5-7-12(11)16-13/h4-7,10,14H,3,8-9H2,1-2H3. The van der Waals surface area contributed by atoms with Gasteiger partial charge in [-0.25, -0.2) is 4.98 Å². The van der Waals surface area contributed by atoms with Gasteiger partial charge in [0.1, 0.15) is 5.52 Å². The van der Waals surface area contributed by atoms with Crippen molar-refractivity contribution >= 4 is 22.9 Å². The van der Waals surface area contributed by atoms with E-state index in [0.717, 1.165) is 35.2 Å². The van der Waals surface area contributed by atoms with Gasteiger partial charge in [-0.2, -0.15) is 0 Å². The first-order valence-corrected chi connectivity index (χ1v) is 6.97. The van der Waals surface area contributed by atoms with Crippen LogP contribution in [0.1, 0.15) is 13.8 Å². The molecular weight excluding hydrogens is 232 g/mol. The molecule has 0 amide bonds. The second-order valence-corrected chi connectivity index (χ2v) is 5.14. The molecule has 1 aromatic carbocycles. The molecule has 0 saturated carbocycles. The minimum absolute atomic E-state index is 0.620. The summed E-state index contributed by atoms with van der Waals surface area (Å²) in [5.41, 5.74) is 1.81. The Bertz CT molecular complexity index is 436. The smallest absolute Gasteiger partial charge is 0.256 e. The molecule has 0 aliphatic rings. The summed E-state index contributed by atoms with van der Waals surface area (Å²) in [6, 6.07) is 7.88. The molecule has 1 heterocycles. The van der Waals surface area contributed by atoms with Gasteiger partial charge >= 0.3 is 0 Å². The van der Waals surface area contributed by atoms with Gasteiger partial charge in [0, 0.05) is 5.75 Å². The summed E-state index contributed by atoms with van der Waals surface area (Å²) in [4.78, 5) is 4.44. The van der Waals surface area contributed by atoms with Crippen LogP contribution in [0.5, 0.6) is 0 Å². The van der Waals surface area contributed by atoms with Crippen molar-refractivity contribution in [2.24, 2.45) is 5.92 Å². The minimum atomic E-state index is 0.620. The Morgan fingerprint density at radius 3 is 3.00 bits per heavy atom. The SMILES string of the molecule is CCNCC(C)CSc1nc2ccccc2o1. The van der Waals surface area contributed by atoms with E-state index in [-0.39, 0.29) is 0 Å². The number of rotatable bonds is 6. The summed E-state index contributed by atoms with van der Waals surface area (Å²) in [6.07, 6.45) is 0. The van der Waals surface area contributed by atoms with Gasteiger partial charge < -0.3 is 9.73 Å². The number of hydrogen-bond acceptors (Lipinski definition) is 4. The van der Waals surface area contributed by atoms with Crippen LogP contribution in [0, 0.1) is 5.92 Å². The van der Waals surface area contributed by atoms with Gasteiger partial charge in [0.15, 0.2) is 5.58 Å². The molecule has 1 unspecified atom stereocenters. The minimum Gasteiger partial charge on any atom is -0.431 e.